The summed E-state index contributed by atoms with van der Waals surface area (Å²) < 4.78 is 32.6. The zero-order valence-electron chi connectivity index (χ0n) is 11.6. The number of thiophene rings is 1. The van der Waals surface area contributed by atoms with Gasteiger partial charge in [0.25, 0.3) is 0 Å². The van der Waals surface area contributed by atoms with E-state index < -0.39 is 10.0 Å². The fourth-order valence-electron chi connectivity index (χ4n) is 1.77. The van der Waals surface area contributed by atoms with Crippen molar-refractivity contribution >= 4 is 33.0 Å². The summed E-state index contributed by atoms with van der Waals surface area (Å²) in [6, 6.07) is 6.56. The Morgan fingerprint density at radius 1 is 1.26 bits per heavy atom. The van der Waals surface area contributed by atoms with Crippen LogP contribution in [0.4, 0.5) is 0 Å². The van der Waals surface area contributed by atoms with Gasteiger partial charge in [-0.25, -0.2) is 13.1 Å². The predicted octanol–water partition coefficient (Wildman–Crippen LogP) is 2.37. The van der Waals surface area contributed by atoms with Gasteiger partial charge in [0.15, 0.2) is 0 Å². The van der Waals surface area contributed by atoms with Crippen molar-refractivity contribution in [1.82, 2.24) is 19.9 Å². The molecule has 0 amide bonds. The van der Waals surface area contributed by atoms with E-state index in [-0.39, 0.29) is 17.2 Å². The van der Waals surface area contributed by atoms with Crippen LogP contribution in [0.1, 0.15) is 5.89 Å². The molecule has 0 radical (unpaired) electrons. The van der Waals surface area contributed by atoms with Crippen LogP contribution in [0.5, 0.6) is 0 Å². The van der Waals surface area contributed by atoms with Crippen molar-refractivity contribution in [2.75, 3.05) is 6.54 Å². The molecule has 0 saturated carbocycles. The van der Waals surface area contributed by atoms with Crippen LogP contribution < -0.4 is 4.72 Å². The maximum atomic E-state index is 12.0. The second-order valence-corrected chi connectivity index (χ2v) is 8.16. The topological polar surface area (TPSA) is 98.0 Å². The van der Waals surface area contributed by atoms with Gasteiger partial charge in [0.2, 0.25) is 21.8 Å². The third-order valence-electron chi connectivity index (χ3n) is 2.82. The number of halogens is 1. The minimum absolute atomic E-state index is 0.145. The van der Waals surface area contributed by atoms with Crippen LogP contribution in [0.3, 0.4) is 0 Å². The Morgan fingerprint density at radius 3 is 2.83 bits per heavy atom. The number of hydrogen-bond donors (Lipinski definition) is 1. The van der Waals surface area contributed by atoms with Gasteiger partial charge in [-0.2, -0.15) is 0 Å². The molecule has 23 heavy (non-hydrogen) atoms. The van der Waals surface area contributed by atoms with Gasteiger partial charge in [-0.05, 0) is 24.3 Å². The van der Waals surface area contributed by atoms with Crippen molar-refractivity contribution in [1.29, 1.82) is 0 Å². The van der Waals surface area contributed by atoms with E-state index in [4.69, 9.17) is 16.0 Å². The zero-order chi connectivity index (χ0) is 16.3. The molecule has 10 heteroatoms. The fraction of sp³-hybridized carbons (Fsp3) is 0.154. The van der Waals surface area contributed by atoms with E-state index in [0.717, 1.165) is 11.3 Å². The molecule has 7 nitrogen and oxygen atoms in total. The minimum atomic E-state index is -3.57. The van der Waals surface area contributed by atoms with Gasteiger partial charge in [0.05, 0.1) is 9.90 Å². The molecular weight excluding hydrogens is 360 g/mol. The first kappa shape index (κ1) is 16.1. The molecule has 1 N–H and O–H groups in total. The average Bonchev–Trinajstić information content (AvgIpc) is 3.17. The lowest BCUT2D eigenvalue weighted by atomic mass is 10.3. The zero-order valence-corrected chi connectivity index (χ0v) is 14.0. The number of nitrogens with one attached hydrogen (secondary N) is 1. The van der Waals surface area contributed by atoms with E-state index in [2.05, 4.69) is 19.9 Å². The van der Waals surface area contributed by atoms with Crippen molar-refractivity contribution < 1.29 is 12.8 Å². The largest absolute Gasteiger partial charge is 0.421 e. The van der Waals surface area contributed by atoms with E-state index in [1.807, 2.05) is 0 Å². The molecular formula is C13H11ClN4O3S2. The molecule has 0 aromatic carbocycles. The number of rotatable bonds is 6. The quantitative estimate of drug-likeness (QED) is 0.715. The maximum Gasteiger partial charge on any atom is 0.250 e. The molecule has 0 bridgehead atoms. The Kier molecular flexibility index (Phi) is 4.71. The highest BCUT2D eigenvalue weighted by atomic mass is 35.5. The summed E-state index contributed by atoms with van der Waals surface area (Å²) in [6.07, 6.45) is 3.54. The summed E-state index contributed by atoms with van der Waals surface area (Å²) in [5, 5.41) is 7.80. The first-order valence-electron chi connectivity index (χ1n) is 6.52. The van der Waals surface area contributed by atoms with Crippen LogP contribution in [-0.4, -0.2) is 30.1 Å². The summed E-state index contributed by atoms with van der Waals surface area (Å²) in [6.45, 7) is 0.145. The van der Waals surface area contributed by atoms with Crippen molar-refractivity contribution in [3.05, 3.63) is 46.9 Å². The van der Waals surface area contributed by atoms with Crippen LogP contribution in [0, 0.1) is 0 Å². The molecule has 3 heterocycles. The lowest BCUT2D eigenvalue weighted by Gasteiger charge is -2.02. The van der Waals surface area contributed by atoms with Crippen LogP contribution in [0.25, 0.3) is 11.5 Å². The second-order valence-electron chi connectivity index (χ2n) is 4.45. The van der Waals surface area contributed by atoms with Crippen LogP contribution in [0.2, 0.25) is 4.34 Å². The van der Waals surface area contributed by atoms with Gasteiger partial charge in [-0.15, -0.1) is 21.5 Å². The highest BCUT2D eigenvalue weighted by Crippen LogP contribution is 2.25. The lowest BCUT2D eigenvalue weighted by molar-refractivity contribution is 0.502. The predicted molar refractivity (Wildman–Crippen MR) is 85.8 cm³/mol. The third-order valence-corrected chi connectivity index (χ3v) is 6.00. The number of nitrogens with zero attached hydrogens (tertiary/aromatic N) is 3. The number of sulfonamides is 1. The summed E-state index contributed by atoms with van der Waals surface area (Å²) >= 11 is 6.74. The maximum absolute atomic E-state index is 12.0. The second kappa shape index (κ2) is 6.75. The summed E-state index contributed by atoms with van der Waals surface area (Å²) in [4.78, 5) is 3.97. The average molecular weight is 371 g/mol. The SMILES string of the molecule is O=S(=O)(NCCc1nnc(-c2cccnc2)o1)c1ccc(Cl)s1. The Morgan fingerprint density at radius 2 is 2.13 bits per heavy atom. The first-order chi connectivity index (χ1) is 11.0. The van der Waals surface area contributed by atoms with Crippen molar-refractivity contribution in [2.45, 2.75) is 10.6 Å². The van der Waals surface area contributed by atoms with Gasteiger partial charge in [-0.1, -0.05) is 11.6 Å². The standard InChI is InChI=1S/C13H11ClN4O3S2/c14-10-3-4-12(22-10)23(19,20)16-7-5-11-17-18-13(21-11)9-2-1-6-15-8-9/h1-4,6,8,16H,5,7H2. The molecule has 3 rings (SSSR count). The number of pyridine rings is 1. The molecule has 0 aliphatic carbocycles. The lowest BCUT2D eigenvalue weighted by Crippen LogP contribution is -2.25. The Bertz CT molecular complexity index is 893. The molecule has 0 fully saturated rings. The van der Waals surface area contributed by atoms with Gasteiger partial charge in [0.1, 0.15) is 4.21 Å². The van der Waals surface area contributed by atoms with Gasteiger partial charge < -0.3 is 4.42 Å². The van der Waals surface area contributed by atoms with E-state index in [1.165, 1.54) is 6.07 Å². The number of aromatic nitrogens is 3. The Hall–Kier alpha value is -1.81. The van der Waals surface area contributed by atoms with Crippen LogP contribution in [0.15, 0.2) is 45.3 Å². The van der Waals surface area contributed by atoms with E-state index >= 15 is 0 Å². The Labute approximate surface area is 141 Å². The molecule has 3 aromatic rings. The van der Waals surface area contributed by atoms with Crippen molar-refractivity contribution in [2.24, 2.45) is 0 Å². The van der Waals surface area contributed by atoms with E-state index in [0.29, 0.717) is 21.7 Å². The third kappa shape index (κ3) is 3.94. The summed E-state index contributed by atoms with van der Waals surface area (Å²) in [5.41, 5.74) is 0.708. The highest BCUT2D eigenvalue weighted by Gasteiger charge is 2.16. The number of hydrogen-bond acceptors (Lipinski definition) is 7. The highest BCUT2D eigenvalue weighted by molar-refractivity contribution is 7.91. The van der Waals surface area contributed by atoms with Crippen LogP contribution in [-0.2, 0) is 16.4 Å². The van der Waals surface area contributed by atoms with Gasteiger partial charge in [-0.3, -0.25) is 4.98 Å². The van der Waals surface area contributed by atoms with E-state index in [1.54, 1.807) is 30.6 Å². The summed E-state index contributed by atoms with van der Waals surface area (Å²) in [7, 11) is -3.57. The van der Waals surface area contributed by atoms with E-state index in [9.17, 15) is 8.42 Å². The minimum Gasteiger partial charge on any atom is -0.421 e. The Balaban J connectivity index is 1.60. The smallest absolute Gasteiger partial charge is 0.250 e. The normalized spacial score (nSPS) is 11.7. The van der Waals surface area contributed by atoms with Gasteiger partial charge >= 0.3 is 0 Å². The molecule has 120 valence electrons. The first-order valence-corrected chi connectivity index (χ1v) is 9.20. The molecule has 0 atom stereocenters. The molecule has 0 saturated heterocycles. The monoisotopic (exact) mass is 370 g/mol. The summed E-state index contributed by atoms with van der Waals surface area (Å²) in [5.74, 6) is 0.691. The molecule has 3 aromatic heterocycles. The molecule has 0 spiro atoms. The molecule has 0 aliphatic rings. The van der Waals surface area contributed by atoms with Gasteiger partial charge in [0, 0.05) is 25.4 Å². The van der Waals surface area contributed by atoms with Crippen LogP contribution >= 0.6 is 22.9 Å². The fourth-order valence-corrected chi connectivity index (χ4v) is 4.33. The molecule has 0 unspecified atom stereocenters. The van der Waals surface area contributed by atoms with Crippen molar-refractivity contribution in [3.8, 4) is 11.5 Å². The van der Waals surface area contributed by atoms with Crippen molar-refractivity contribution in [3.63, 3.8) is 0 Å². The molecule has 0 aliphatic heterocycles.